The Balaban J connectivity index is 1.97. The second-order valence-corrected chi connectivity index (χ2v) is 5.95. The van der Waals surface area contributed by atoms with Gasteiger partial charge in [0.15, 0.2) is 0 Å². The van der Waals surface area contributed by atoms with Crippen LogP contribution in [0.3, 0.4) is 0 Å². The van der Waals surface area contributed by atoms with E-state index < -0.39 is 29.2 Å². The number of Topliss-reactive ketones (excluding diaryl/α,β-unsaturated/α-hetero) is 1. The van der Waals surface area contributed by atoms with E-state index in [0.717, 1.165) is 0 Å². The number of hydrogen-bond acceptors (Lipinski definition) is 2. The van der Waals surface area contributed by atoms with Gasteiger partial charge in [-0.05, 0) is 37.3 Å². The third-order valence-corrected chi connectivity index (χ3v) is 4.15. The standard InChI is InChI=1S/C19H14F4N2O2/c1-11-17(18(27)19(21,22)23)14-4-2-3-5-15(14)25(11)10-16(26)24-13-8-6-12(20)7-9-13/h2-9H,10H2,1H3,(H,24,26). The maximum Gasteiger partial charge on any atom is 0.454 e. The quantitative estimate of drug-likeness (QED) is 0.538. The molecule has 4 nitrogen and oxygen atoms in total. The molecule has 0 spiro atoms. The Hall–Kier alpha value is -3.16. The van der Waals surface area contributed by atoms with Gasteiger partial charge >= 0.3 is 6.18 Å². The van der Waals surface area contributed by atoms with Crippen LogP contribution >= 0.6 is 0 Å². The van der Waals surface area contributed by atoms with Gasteiger partial charge in [-0.15, -0.1) is 0 Å². The van der Waals surface area contributed by atoms with E-state index >= 15 is 0 Å². The van der Waals surface area contributed by atoms with Crippen LogP contribution in [-0.4, -0.2) is 22.4 Å². The molecule has 0 aliphatic carbocycles. The lowest BCUT2D eigenvalue weighted by atomic mass is 10.1. The molecular weight excluding hydrogens is 364 g/mol. The van der Waals surface area contributed by atoms with E-state index in [4.69, 9.17) is 0 Å². The van der Waals surface area contributed by atoms with Gasteiger partial charge in [-0.25, -0.2) is 4.39 Å². The molecule has 140 valence electrons. The fourth-order valence-electron chi connectivity index (χ4n) is 2.94. The number of halogens is 4. The number of nitrogens with zero attached hydrogens (tertiary/aromatic N) is 1. The number of alkyl halides is 3. The van der Waals surface area contributed by atoms with Gasteiger partial charge in [-0.2, -0.15) is 13.2 Å². The van der Waals surface area contributed by atoms with Crippen LogP contribution < -0.4 is 5.32 Å². The molecule has 0 bridgehead atoms. The van der Waals surface area contributed by atoms with Gasteiger partial charge in [0.25, 0.3) is 5.78 Å². The molecule has 0 aliphatic heterocycles. The van der Waals surface area contributed by atoms with Crippen molar-refractivity contribution in [2.45, 2.75) is 19.6 Å². The number of ketones is 1. The Morgan fingerprint density at radius 1 is 1.04 bits per heavy atom. The Morgan fingerprint density at radius 2 is 1.67 bits per heavy atom. The lowest BCUT2D eigenvalue weighted by molar-refractivity contribution is -0.116. The van der Waals surface area contributed by atoms with Gasteiger partial charge in [-0.3, -0.25) is 9.59 Å². The van der Waals surface area contributed by atoms with Crippen LogP contribution in [0.25, 0.3) is 10.9 Å². The summed E-state index contributed by atoms with van der Waals surface area (Å²) in [6, 6.07) is 11.2. The third-order valence-electron chi connectivity index (χ3n) is 4.15. The number of carbonyl (C=O) groups excluding carboxylic acids is 2. The van der Waals surface area contributed by atoms with Crippen molar-refractivity contribution in [2.24, 2.45) is 0 Å². The van der Waals surface area contributed by atoms with E-state index in [1.807, 2.05) is 0 Å². The average Bonchev–Trinajstić information content (AvgIpc) is 2.87. The monoisotopic (exact) mass is 378 g/mol. The third kappa shape index (κ3) is 3.69. The Bertz CT molecular complexity index is 1020. The summed E-state index contributed by atoms with van der Waals surface area (Å²) >= 11 is 0. The first-order valence-electron chi connectivity index (χ1n) is 7.93. The van der Waals surface area contributed by atoms with Crippen LogP contribution in [0.5, 0.6) is 0 Å². The normalized spacial score (nSPS) is 11.6. The second-order valence-electron chi connectivity index (χ2n) is 5.95. The van der Waals surface area contributed by atoms with E-state index in [0.29, 0.717) is 11.2 Å². The van der Waals surface area contributed by atoms with Crippen LogP contribution in [0.4, 0.5) is 23.2 Å². The van der Waals surface area contributed by atoms with Gasteiger partial charge in [0, 0.05) is 22.3 Å². The van der Waals surface area contributed by atoms with Gasteiger partial charge in [0.05, 0.1) is 5.56 Å². The molecule has 0 saturated heterocycles. The molecule has 1 aromatic heterocycles. The first kappa shape index (κ1) is 18.6. The fraction of sp³-hybridized carbons (Fsp3) is 0.158. The number of fused-ring (bicyclic) bond motifs is 1. The number of para-hydroxylation sites is 1. The zero-order chi connectivity index (χ0) is 19.8. The molecule has 2 aromatic carbocycles. The summed E-state index contributed by atoms with van der Waals surface area (Å²) in [4.78, 5) is 24.2. The van der Waals surface area contributed by atoms with Crippen molar-refractivity contribution in [3.63, 3.8) is 0 Å². The lowest BCUT2D eigenvalue weighted by Gasteiger charge is -2.10. The van der Waals surface area contributed by atoms with Crippen molar-refractivity contribution in [1.82, 2.24) is 4.57 Å². The van der Waals surface area contributed by atoms with E-state index in [9.17, 15) is 27.2 Å². The van der Waals surface area contributed by atoms with Crippen molar-refractivity contribution in [3.8, 4) is 0 Å². The highest BCUT2D eigenvalue weighted by atomic mass is 19.4. The number of anilines is 1. The summed E-state index contributed by atoms with van der Waals surface area (Å²) in [6.07, 6.45) is -5.02. The minimum atomic E-state index is -5.02. The lowest BCUT2D eigenvalue weighted by Crippen LogP contribution is -2.24. The van der Waals surface area contributed by atoms with E-state index in [-0.39, 0.29) is 17.6 Å². The summed E-state index contributed by atoms with van der Waals surface area (Å²) in [7, 11) is 0. The number of benzene rings is 2. The number of carbonyl (C=O) groups is 2. The molecular formula is C19H14F4N2O2. The maximum atomic E-state index is 13.0. The highest BCUT2D eigenvalue weighted by molar-refractivity contribution is 6.12. The fourth-order valence-corrected chi connectivity index (χ4v) is 2.94. The summed E-state index contributed by atoms with van der Waals surface area (Å²) < 4.78 is 53.2. The molecule has 1 heterocycles. The molecule has 3 aromatic rings. The van der Waals surface area contributed by atoms with Crippen LogP contribution in [0.15, 0.2) is 48.5 Å². The Kier molecular flexibility index (Phi) is 4.73. The largest absolute Gasteiger partial charge is 0.454 e. The molecule has 27 heavy (non-hydrogen) atoms. The van der Waals surface area contributed by atoms with Gasteiger partial charge < -0.3 is 9.88 Å². The van der Waals surface area contributed by atoms with E-state index in [1.54, 1.807) is 12.1 Å². The predicted octanol–water partition coefficient (Wildman–Crippen LogP) is 4.47. The zero-order valence-electron chi connectivity index (χ0n) is 14.1. The summed E-state index contributed by atoms with van der Waals surface area (Å²) in [5, 5.41) is 2.68. The summed E-state index contributed by atoms with van der Waals surface area (Å²) in [5.74, 6) is -2.93. The predicted molar refractivity (Wildman–Crippen MR) is 92.1 cm³/mol. The minimum Gasteiger partial charge on any atom is -0.335 e. The topological polar surface area (TPSA) is 51.1 Å². The zero-order valence-corrected chi connectivity index (χ0v) is 14.1. The Labute approximate surface area is 151 Å². The molecule has 1 N–H and O–H groups in total. The SMILES string of the molecule is Cc1c(C(=O)C(F)(F)F)c2ccccc2n1CC(=O)Nc1ccc(F)cc1. The molecule has 0 atom stereocenters. The molecule has 0 radical (unpaired) electrons. The van der Waals surface area contributed by atoms with Crippen molar-refractivity contribution < 1.29 is 27.2 Å². The first-order chi connectivity index (χ1) is 12.7. The van der Waals surface area contributed by atoms with E-state index in [1.165, 1.54) is 47.9 Å². The average molecular weight is 378 g/mol. The summed E-state index contributed by atoms with van der Waals surface area (Å²) in [5.41, 5.74) is 0.277. The van der Waals surface area contributed by atoms with Crippen LogP contribution in [0.1, 0.15) is 16.1 Å². The smallest absolute Gasteiger partial charge is 0.335 e. The van der Waals surface area contributed by atoms with Crippen molar-refractivity contribution in [1.29, 1.82) is 0 Å². The second kappa shape index (κ2) is 6.86. The van der Waals surface area contributed by atoms with E-state index in [2.05, 4.69) is 5.32 Å². The molecule has 8 heteroatoms. The maximum absolute atomic E-state index is 13.0. The molecule has 0 aliphatic rings. The molecule has 0 saturated carbocycles. The minimum absolute atomic E-state index is 0.0489. The van der Waals surface area contributed by atoms with Crippen molar-refractivity contribution >= 4 is 28.3 Å². The van der Waals surface area contributed by atoms with Crippen LogP contribution in [-0.2, 0) is 11.3 Å². The number of rotatable bonds is 4. The number of nitrogens with one attached hydrogen (secondary N) is 1. The van der Waals surface area contributed by atoms with Gasteiger partial charge in [-0.1, -0.05) is 18.2 Å². The number of amides is 1. The van der Waals surface area contributed by atoms with Crippen molar-refractivity contribution in [3.05, 3.63) is 65.6 Å². The molecule has 3 rings (SSSR count). The van der Waals surface area contributed by atoms with Crippen LogP contribution in [0.2, 0.25) is 0 Å². The highest BCUT2D eigenvalue weighted by Gasteiger charge is 2.42. The molecule has 0 unspecified atom stereocenters. The number of hydrogen-bond donors (Lipinski definition) is 1. The summed E-state index contributed by atoms with van der Waals surface area (Å²) in [6.45, 7) is 1.07. The highest BCUT2D eigenvalue weighted by Crippen LogP contribution is 2.31. The molecule has 1 amide bonds. The first-order valence-corrected chi connectivity index (χ1v) is 7.93. The number of aromatic nitrogens is 1. The van der Waals surface area contributed by atoms with Gasteiger partial charge in [0.1, 0.15) is 12.4 Å². The van der Waals surface area contributed by atoms with Gasteiger partial charge in [0.2, 0.25) is 5.91 Å². The Morgan fingerprint density at radius 3 is 2.30 bits per heavy atom. The van der Waals surface area contributed by atoms with Crippen LogP contribution in [0, 0.1) is 12.7 Å². The van der Waals surface area contributed by atoms with Crippen molar-refractivity contribution in [2.75, 3.05) is 5.32 Å². The molecule has 0 fully saturated rings.